The van der Waals surface area contributed by atoms with Gasteiger partial charge >= 0.3 is 5.97 Å². The van der Waals surface area contributed by atoms with Crippen LogP contribution in [0, 0.1) is 0 Å². The highest BCUT2D eigenvalue weighted by Gasteiger charge is 2.23. The minimum atomic E-state index is -0.507. The third-order valence-corrected chi connectivity index (χ3v) is 1.71. The van der Waals surface area contributed by atoms with Crippen molar-refractivity contribution in [2.75, 3.05) is 0 Å². The Morgan fingerprint density at radius 3 is 2.73 bits per heavy atom. The molecule has 1 heterocycles. The molecule has 15 heavy (non-hydrogen) atoms. The van der Waals surface area contributed by atoms with Gasteiger partial charge in [-0.05, 0) is 27.2 Å². The fraction of sp³-hybridized carbons (Fsp3) is 0.636. The zero-order valence-electron chi connectivity index (χ0n) is 9.66. The van der Waals surface area contributed by atoms with Gasteiger partial charge in [-0.25, -0.2) is 9.78 Å². The summed E-state index contributed by atoms with van der Waals surface area (Å²) in [4.78, 5) is 15.7. The molecule has 0 radical (unpaired) electrons. The van der Waals surface area contributed by atoms with Crippen molar-refractivity contribution in [1.82, 2.24) is 4.98 Å². The van der Waals surface area contributed by atoms with E-state index in [4.69, 9.17) is 9.15 Å². The molecule has 0 saturated carbocycles. The number of hydrogen-bond acceptors (Lipinski definition) is 4. The Bertz CT molecular complexity index is 336. The van der Waals surface area contributed by atoms with E-state index in [2.05, 4.69) is 4.98 Å². The predicted octanol–water partition coefficient (Wildman–Crippen LogP) is 2.58. The van der Waals surface area contributed by atoms with E-state index in [-0.39, 0.29) is 5.76 Å². The number of oxazole rings is 1. The monoisotopic (exact) mass is 211 g/mol. The highest BCUT2D eigenvalue weighted by atomic mass is 16.6. The van der Waals surface area contributed by atoms with E-state index < -0.39 is 11.6 Å². The third kappa shape index (κ3) is 3.38. The molecular weight excluding hydrogens is 194 g/mol. The highest BCUT2D eigenvalue weighted by molar-refractivity contribution is 5.87. The summed E-state index contributed by atoms with van der Waals surface area (Å²) in [5.41, 5.74) is 0.166. The van der Waals surface area contributed by atoms with Gasteiger partial charge in [0, 0.05) is 0 Å². The van der Waals surface area contributed by atoms with Crippen molar-refractivity contribution in [1.29, 1.82) is 0 Å². The van der Waals surface area contributed by atoms with E-state index in [9.17, 15) is 4.79 Å². The maximum Gasteiger partial charge on any atom is 0.376 e. The first-order valence-electron chi connectivity index (χ1n) is 5.09. The van der Waals surface area contributed by atoms with Gasteiger partial charge in [0.25, 0.3) is 0 Å². The number of ether oxygens (including phenoxy) is 1. The van der Waals surface area contributed by atoms with Crippen molar-refractivity contribution in [2.45, 2.75) is 46.1 Å². The summed E-state index contributed by atoms with van der Waals surface area (Å²) in [6.07, 6.45) is 2.93. The lowest BCUT2D eigenvalue weighted by molar-refractivity contribution is 0.00344. The number of carbonyl (C=O) groups is 1. The molecule has 0 N–H and O–H groups in total. The molecule has 0 unspecified atom stereocenters. The van der Waals surface area contributed by atoms with Gasteiger partial charge in [0.05, 0.1) is 5.69 Å². The van der Waals surface area contributed by atoms with Gasteiger partial charge in [-0.3, -0.25) is 0 Å². The fourth-order valence-electron chi connectivity index (χ4n) is 1.17. The number of nitrogens with zero attached hydrogens (tertiary/aromatic N) is 1. The molecule has 1 aromatic heterocycles. The molecule has 0 fully saturated rings. The van der Waals surface area contributed by atoms with E-state index in [0.717, 1.165) is 12.8 Å². The van der Waals surface area contributed by atoms with Gasteiger partial charge in [-0.2, -0.15) is 0 Å². The highest BCUT2D eigenvalue weighted by Crippen LogP contribution is 2.15. The van der Waals surface area contributed by atoms with Gasteiger partial charge in [-0.1, -0.05) is 13.3 Å². The van der Waals surface area contributed by atoms with E-state index in [0.29, 0.717) is 5.69 Å². The third-order valence-electron chi connectivity index (χ3n) is 1.71. The van der Waals surface area contributed by atoms with Crippen molar-refractivity contribution in [2.24, 2.45) is 0 Å². The molecule has 0 aliphatic carbocycles. The second-order valence-electron chi connectivity index (χ2n) is 4.38. The zero-order valence-corrected chi connectivity index (χ0v) is 9.66. The lowest BCUT2D eigenvalue weighted by atomic mass is 10.2. The summed E-state index contributed by atoms with van der Waals surface area (Å²) in [5, 5.41) is 0. The SMILES string of the molecule is CCCc1ncoc1C(=O)OC(C)(C)C. The van der Waals surface area contributed by atoms with Crippen LogP contribution in [0.25, 0.3) is 0 Å². The number of esters is 1. The van der Waals surface area contributed by atoms with Crippen molar-refractivity contribution in [3.63, 3.8) is 0 Å². The Morgan fingerprint density at radius 2 is 2.20 bits per heavy atom. The second-order valence-corrected chi connectivity index (χ2v) is 4.38. The summed E-state index contributed by atoms with van der Waals surface area (Å²) in [6, 6.07) is 0. The molecule has 0 atom stereocenters. The molecule has 1 rings (SSSR count). The molecule has 0 aromatic carbocycles. The van der Waals surface area contributed by atoms with Gasteiger partial charge in [-0.15, -0.1) is 0 Å². The molecular formula is C11H17NO3. The maximum absolute atomic E-state index is 11.7. The first-order chi connectivity index (χ1) is 6.94. The van der Waals surface area contributed by atoms with Crippen LogP contribution in [0.1, 0.15) is 50.4 Å². The lowest BCUT2D eigenvalue weighted by Gasteiger charge is -2.18. The van der Waals surface area contributed by atoms with Crippen LogP contribution in [0.2, 0.25) is 0 Å². The van der Waals surface area contributed by atoms with Crippen LogP contribution < -0.4 is 0 Å². The summed E-state index contributed by atoms with van der Waals surface area (Å²) >= 11 is 0. The quantitative estimate of drug-likeness (QED) is 0.721. The molecule has 0 aliphatic rings. The van der Waals surface area contributed by atoms with Gasteiger partial charge in [0.2, 0.25) is 5.76 Å². The van der Waals surface area contributed by atoms with Crippen molar-refractivity contribution < 1.29 is 13.9 Å². The minimum absolute atomic E-state index is 0.228. The Labute approximate surface area is 89.6 Å². The minimum Gasteiger partial charge on any atom is -0.454 e. The van der Waals surface area contributed by atoms with Gasteiger partial charge in [0.15, 0.2) is 6.39 Å². The van der Waals surface area contributed by atoms with E-state index >= 15 is 0 Å². The smallest absolute Gasteiger partial charge is 0.376 e. The Hall–Kier alpha value is -1.32. The van der Waals surface area contributed by atoms with E-state index in [1.165, 1.54) is 6.39 Å². The molecule has 0 saturated heterocycles. The number of hydrogen-bond donors (Lipinski definition) is 0. The molecule has 0 spiro atoms. The van der Waals surface area contributed by atoms with Crippen LogP contribution in [0.5, 0.6) is 0 Å². The van der Waals surface area contributed by atoms with Crippen molar-refractivity contribution >= 4 is 5.97 Å². The largest absolute Gasteiger partial charge is 0.454 e. The van der Waals surface area contributed by atoms with Crippen LogP contribution in [0.4, 0.5) is 0 Å². The number of rotatable bonds is 3. The lowest BCUT2D eigenvalue weighted by Crippen LogP contribution is -2.24. The average molecular weight is 211 g/mol. The molecule has 0 amide bonds. The van der Waals surface area contributed by atoms with Crippen LogP contribution in [-0.2, 0) is 11.2 Å². The molecule has 84 valence electrons. The van der Waals surface area contributed by atoms with Gasteiger partial charge < -0.3 is 9.15 Å². The summed E-state index contributed by atoms with van der Waals surface area (Å²) < 4.78 is 10.2. The standard InChI is InChI=1S/C11H17NO3/c1-5-6-8-9(14-7-12-8)10(13)15-11(2,3)4/h7H,5-6H2,1-4H3. The first kappa shape index (κ1) is 11.8. The molecule has 1 aromatic rings. The topological polar surface area (TPSA) is 52.3 Å². The molecule has 4 heteroatoms. The maximum atomic E-state index is 11.7. The summed E-state index contributed by atoms with van der Waals surface area (Å²) in [7, 11) is 0. The Morgan fingerprint density at radius 1 is 1.53 bits per heavy atom. The van der Waals surface area contributed by atoms with Gasteiger partial charge in [0.1, 0.15) is 5.60 Å². The van der Waals surface area contributed by atoms with E-state index in [1.807, 2.05) is 27.7 Å². The molecule has 0 aliphatic heterocycles. The fourth-order valence-corrected chi connectivity index (χ4v) is 1.17. The summed E-state index contributed by atoms with van der Waals surface area (Å²) in [6.45, 7) is 7.48. The Balaban J connectivity index is 2.77. The van der Waals surface area contributed by atoms with E-state index in [1.54, 1.807) is 0 Å². The first-order valence-corrected chi connectivity index (χ1v) is 5.09. The number of carbonyl (C=O) groups excluding carboxylic acids is 1. The van der Waals surface area contributed by atoms with Crippen LogP contribution in [0.15, 0.2) is 10.8 Å². The van der Waals surface area contributed by atoms with Crippen molar-refractivity contribution in [3.8, 4) is 0 Å². The Kier molecular flexibility index (Phi) is 3.50. The normalized spacial score (nSPS) is 11.5. The van der Waals surface area contributed by atoms with Crippen LogP contribution in [0.3, 0.4) is 0 Å². The molecule has 4 nitrogen and oxygen atoms in total. The van der Waals surface area contributed by atoms with Crippen LogP contribution in [-0.4, -0.2) is 16.6 Å². The zero-order chi connectivity index (χ0) is 11.5. The number of aromatic nitrogens is 1. The summed E-state index contributed by atoms with van der Waals surface area (Å²) in [5.74, 6) is -0.213. The average Bonchev–Trinajstić information content (AvgIpc) is 2.49. The molecule has 0 bridgehead atoms. The predicted molar refractivity (Wildman–Crippen MR) is 55.7 cm³/mol. The van der Waals surface area contributed by atoms with Crippen LogP contribution >= 0.6 is 0 Å². The second kappa shape index (κ2) is 4.47. The number of aryl methyl sites for hydroxylation is 1. The van der Waals surface area contributed by atoms with Crippen molar-refractivity contribution in [3.05, 3.63) is 17.8 Å².